The molecule has 0 aliphatic heterocycles. The van der Waals surface area contributed by atoms with Gasteiger partial charge in [-0.15, -0.1) is 0 Å². The molecule has 0 spiro atoms. The van der Waals surface area contributed by atoms with E-state index in [0.717, 1.165) is 36.3 Å². The van der Waals surface area contributed by atoms with Crippen LogP contribution in [0.15, 0.2) is 59.6 Å². The predicted molar refractivity (Wildman–Crippen MR) is 110 cm³/mol. The fraction of sp³-hybridized carbons (Fsp3) is 0.500. The largest absolute Gasteiger partial charge is 0.497 e. The van der Waals surface area contributed by atoms with E-state index in [1.807, 2.05) is 32.1 Å². The Morgan fingerprint density at radius 1 is 1.38 bits per heavy atom. The van der Waals surface area contributed by atoms with Crippen molar-refractivity contribution in [3.63, 3.8) is 0 Å². The van der Waals surface area contributed by atoms with Gasteiger partial charge in [0.05, 0.1) is 7.11 Å². The summed E-state index contributed by atoms with van der Waals surface area (Å²) in [6.07, 6.45) is 13.0. The minimum atomic E-state index is -0.818. The highest BCUT2D eigenvalue weighted by Crippen LogP contribution is 2.36. The second-order valence-electron chi connectivity index (χ2n) is 7.20. The van der Waals surface area contributed by atoms with Crippen LogP contribution in [0.3, 0.4) is 0 Å². The molecule has 0 unspecified atom stereocenters. The molecular formula is C22H35NO3. The molecule has 146 valence electrons. The maximum absolute atomic E-state index is 10.5. The van der Waals surface area contributed by atoms with E-state index in [1.54, 1.807) is 7.11 Å². The molecular weight excluding hydrogens is 326 g/mol. The lowest BCUT2D eigenvalue weighted by Crippen LogP contribution is -2.28. The monoisotopic (exact) mass is 361 g/mol. The van der Waals surface area contributed by atoms with E-state index in [9.17, 15) is 4.79 Å². The summed E-state index contributed by atoms with van der Waals surface area (Å²) in [5, 5.41) is 11.6. The lowest BCUT2D eigenvalue weighted by Gasteiger charge is -2.31. The normalized spacial score (nSPS) is 18.0. The Morgan fingerprint density at radius 3 is 2.50 bits per heavy atom. The van der Waals surface area contributed by atoms with Gasteiger partial charge in [0.1, 0.15) is 12.3 Å². The number of aliphatic carboxylic acids is 1. The van der Waals surface area contributed by atoms with Gasteiger partial charge >= 0.3 is 5.97 Å². The molecule has 26 heavy (non-hydrogen) atoms. The van der Waals surface area contributed by atoms with Gasteiger partial charge in [-0.1, -0.05) is 50.6 Å². The Kier molecular flexibility index (Phi) is 11.1. The number of carboxylic acids is 1. The Bertz CT molecular complexity index is 593. The first-order valence-electron chi connectivity index (χ1n) is 9.02. The molecule has 0 saturated heterocycles. The van der Waals surface area contributed by atoms with Crippen LogP contribution in [0.5, 0.6) is 0 Å². The minimum absolute atomic E-state index is 0.00108. The van der Waals surface area contributed by atoms with Gasteiger partial charge in [0.15, 0.2) is 0 Å². The predicted octanol–water partition coefficient (Wildman–Crippen LogP) is 5.37. The third-order valence-electron chi connectivity index (χ3n) is 3.72. The van der Waals surface area contributed by atoms with Gasteiger partial charge in [-0.25, -0.2) is 0 Å². The number of allylic oxidation sites excluding steroid dienone is 8. The smallest absolute Gasteiger partial charge is 0.322 e. The van der Waals surface area contributed by atoms with Gasteiger partial charge in [-0.3, -0.25) is 4.79 Å². The van der Waals surface area contributed by atoms with Crippen molar-refractivity contribution in [3.05, 3.63) is 59.6 Å². The van der Waals surface area contributed by atoms with Gasteiger partial charge in [0.25, 0.3) is 0 Å². The molecule has 0 aromatic rings. The third kappa shape index (κ3) is 11.3. The van der Waals surface area contributed by atoms with Crippen LogP contribution < -0.4 is 5.32 Å². The molecule has 0 bridgehead atoms. The van der Waals surface area contributed by atoms with E-state index in [-0.39, 0.29) is 12.0 Å². The highest BCUT2D eigenvalue weighted by Gasteiger charge is 2.25. The number of carboxylic acid groups (broad SMARTS) is 1. The van der Waals surface area contributed by atoms with Crippen LogP contribution in [-0.4, -0.2) is 24.7 Å². The van der Waals surface area contributed by atoms with Crippen molar-refractivity contribution < 1.29 is 14.6 Å². The minimum Gasteiger partial charge on any atom is -0.497 e. The number of methoxy groups -OCH3 is 1. The molecule has 1 aliphatic rings. The Labute approximate surface area is 159 Å². The van der Waals surface area contributed by atoms with E-state index in [0.29, 0.717) is 0 Å². The summed E-state index contributed by atoms with van der Waals surface area (Å²) in [5.41, 5.74) is 3.56. The molecule has 0 atom stereocenters. The quantitative estimate of drug-likeness (QED) is 0.473. The van der Waals surface area contributed by atoms with Crippen molar-refractivity contribution in [3.8, 4) is 0 Å². The maximum atomic E-state index is 10.5. The fourth-order valence-corrected chi connectivity index (χ4v) is 2.59. The van der Waals surface area contributed by atoms with Gasteiger partial charge in [-0.2, -0.15) is 0 Å². The standard InChI is InChI=1S/C12H19NO2.C10H16O/c1-4-9-5-10(13-8-11(14)15)7-12(2,3)6-9;1-5-6-10(11-4)8-7-9(2)3/h4-5,13H,6-8H2,1-3H3,(H,14,15);6-8H,2,5H2,1,3-4H3/b9-4+;8-7-,10-6+. The Hall–Kier alpha value is -2.23. The summed E-state index contributed by atoms with van der Waals surface area (Å²) in [4.78, 5) is 10.5. The van der Waals surface area contributed by atoms with Gasteiger partial charge < -0.3 is 15.2 Å². The maximum Gasteiger partial charge on any atom is 0.322 e. The summed E-state index contributed by atoms with van der Waals surface area (Å²) < 4.78 is 5.07. The number of nitrogens with one attached hydrogen (secondary N) is 1. The molecule has 4 nitrogen and oxygen atoms in total. The van der Waals surface area contributed by atoms with Crippen molar-refractivity contribution >= 4 is 5.97 Å². The van der Waals surface area contributed by atoms with E-state index < -0.39 is 5.97 Å². The summed E-state index contributed by atoms with van der Waals surface area (Å²) in [6.45, 7) is 14.2. The van der Waals surface area contributed by atoms with Crippen molar-refractivity contribution in [1.82, 2.24) is 5.32 Å². The average Bonchev–Trinajstić information content (AvgIpc) is 2.55. The first kappa shape index (κ1) is 23.8. The molecule has 4 heteroatoms. The number of carbonyl (C=O) groups is 1. The van der Waals surface area contributed by atoms with Crippen LogP contribution in [0.4, 0.5) is 0 Å². The van der Waals surface area contributed by atoms with Crippen LogP contribution in [0, 0.1) is 5.41 Å². The van der Waals surface area contributed by atoms with Crippen molar-refractivity contribution in [2.75, 3.05) is 13.7 Å². The average molecular weight is 362 g/mol. The molecule has 1 aliphatic carbocycles. The molecule has 0 saturated carbocycles. The van der Waals surface area contributed by atoms with Gasteiger partial charge in [0, 0.05) is 5.70 Å². The zero-order valence-electron chi connectivity index (χ0n) is 17.2. The highest BCUT2D eigenvalue weighted by molar-refractivity contribution is 5.69. The van der Waals surface area contributed by atoms with Crippen molar-refractivity contribution in [1.29, 1.82) is 0 Å². The summed E-state index contributed by atoms with van der Waals surface area (Å²) in [7, 11) is 1.67. The van der Waals surface area contributed by atoms with Crippen molar-refractivity contribution in [2.24, 2.45) is 5.41 Å². The summed E-state index contributed by atoms with van der Waals surface area (Å²) in [6, 6.07) is 0. The van der Waals surface area contributed by atoms with E-state index in [2.05, 4.69) is 44.8 Å². The first-order valence-corrected chi connectivity index (χ1v) is 9.02. The number of hydrogen-bond donors (Lipinski definition) is 2. The SMILES string of the molecule is C/C=C1\C=C(NCC(=O)O)CC(C)(C)C1.C=C(C)/C=C\C(=C/CC)OC. The summed E-state index contributed by atoms with van der Waals surface area (Å²) in [5.74, 6) is 0.0804. The molecule has 0 radical (unpaired) electrons. The molecule has 2 N–H and O–H groups in total. The van der Waals surface area contributed by atoms with Crippen LogP contribution in [0.25, 0.3) is 0 Å². The topological polar surface area (TPSA) is 58.6 Å². The van der Waals surface area contributed by atoms with Crippen LogP contribution in [0.2, 0.25) is 0 Å². The molecule has 0 amide bonds. The zero-order chi connectivity index (χ0) is 20.2. The van der Waals surface area contributed by atoms with E-state index in [1.165, 1.54) is 5.57 Å². The molecule has 1 rings (SSSR count). The number of ether oxygens (including phenoxy) is 1. The summed E-state index contributed by atoms with van der Waals surface area (Å²) >= 11 is 0. The Balaban J connectivity index is 0.000000508. The zero-order valence-corrected chi connectivity index (χ0v) is 17.2. The first-order chi connectivity index (χ1) is 12.1. The van der Waals surface area contributed by atoms with Gasteiger partial charge in [-0.05, 0) is 56.8 Å². The fourth-order valence-electron chi connectivity index (χ4n) is 2.59. The number of rotatable bonds is 7. The second-order valence-corrected chi connectivity index (χ2v) is 7.20. The molecule has 0 aromatic carbocycles. The molecule has 0 fully saturated rings. The second kappa shape index (κ2) is 12.2. The van der Waals surface area contributed by atoms with Crippen LogP contribution >= 0.6 is 0 Å². The third-order valence-corrected chi connectivity index (χ3v) is 3.72. The van der Waals surface area contributed by atoms with E-state index in [4.69, 9.17) is 9.84 Å². The Morgan fingerprint density at radius 2 is 2.04 bits per heavy atom. The van der Waals surface area contributed by atoms with Gasteiger partial charge in [0.2, 0.25) is 0 Å². The van der Waals surface area contributed by atoms with E-state index >= 15 is 0 Å². The lowest BCUT2D eigenvalue weighted by atomic mass is 9.77. The number of hydrogen-bond acceptors (Lipinski definition) is 3. The highest BCUT2D eigenvalue weighted by atomic mass is 16.5. The lowest BCUT2D eigenvalue weighted by molar-refractivity contribution is -0.135. The van der Waals surface area contributed by atoms with Crippen LogP contribution in [0.1, 0.15) is 53.9 Å². The molecule has 0 heterocycles. The molecule has 0 aromatic heterocycles. The van der Waals surface area contributed by atoms with Crippen molar-refractivity contribution in [2.45, 2.75) is 53.9 Å². The van der Waals surface area contributed by atoms with Crippen LogP contribution in [-0.2, 0) is 9.53 Å².